The topological polar surface area (TPSA) is 88.4 Å². The van der Waals surface area contributed by atoms with Crippen LogP contribution in [0.15, 0.2) is 60.8 Å². The summed E-state index contributed by atoms with van der Waals surface area (Å²) in [6.45, 7) is 3.32. The number of benzene rings is 2. The number of rotatable bonds is 5. The molecule has 1 aliphatic heterocycles. The molecule has 176 valence electrons. The van der Waals surface area contributed by atoms with E-state index < -0.39 is 22.6 Å². The molecule has 1 aliphatic rings. The van der Waals surface area contributed by atoms with Crippen LogP contribution in [-0.4, -0.2) is 28.9 Å². The zero-order valence-electron chi connectivity index (χ0n) is 18.2. The summed E-state index contributed by atoms with van der Waals surface area (Å²) in [5.74, 6) is -0.582. The van der Waals surface area contributed by atoms with Crippen LogP contribution in [-0.2, 0) is 6.18 Å². The van der Waals surface area contributed by atoms with Crippen molar-refractivity contribution in [2.24, 2.45) is 0 Å². The normalized spacial score (nSPS) is 15.9. The van der Waals surface area contributed by atoms with E-state index >= 15 is 0 Å². The first-order valence-electron chi connectivity index (χ1n) is 10.6. The second-order valence-corrected chi connectivity index (χ2v) is 8.17. The number of nitrogens with one attached hydrogen (secondary N) is 1. The highest BCUT2D eigenvalue weighted by atomic mass is 19.4. The highest BCUT2D eigenvalue weighted by Gasteiger charge is 2.31. The molecule has 1 fully saturated rings. The Morgan fingerprint density at radius 3 is 2.65 bits per heavy atom. The molecule has 3 aromatic rings. The van der Waals surface area contributed by atoms with Crippen LogP contribution in [0.2, 0.25) is 0 Å². The van der Waals surface area contributed by atoms with Gasteiger partial charge < -0.3 is 20.3 Å². The Balaban J connectivity index is 1.49. The average molecular weight is 470 g/mol. The summed E-state index contributed by atoms with van der Waals surface area (Å²) in [7, 11) is 0. The molecular formula is C24H21F3N4O3. The zero-order chi connectivity index (χ0) is 24.5. The number of aryl methyl sites for hydroxylation is 1. The van der Waals surface area contributed by atoms with Crippen molar-refractivity contribution < 1.29 is 22.9 Å². The number of anilines is 2. The van der Waals surface area contributed by atoms with Gasteiger partial charge in [-0.15, -0.1) is 0 Å². The third kappa shape index (κ3) is 5.00. The summed E-state index contributed by atoms with van der Waals surface area (Å²) < 4.78 is 38.9. The molecule has 1 amide bonds. The lowest BCUT2D eigenvalue weighted by atomic mass is 9.92. The predicted molar refractivity (Wildman–Crippen MR) is 121 cm³/mol. The Hall–Kier alpha value is -3.95. The average Bonchev–Trinajstić information content (AvgIpc) is 3.29. The van der Waals surface area contributed by atoms with Crippen molar-refractivity contribution in [3.63, 3.8) is 0 Å². The number of hydrogen-bond acceptors (Lipinski definition) is 5. The Bertz CT molecular complexity index is 1230. The third-order valence-electron chi connectivity index (χ3n) is 5.90. The van der Waals surface area contributed by atoms with Crippen LogP contribution in [0.25, 0.3) is 0 Å². The minimum atomic E-state index is -4.49. The minimum absolute atomic E-state index is 0.0691. The minimum Gasteiger partial charge on any atom is -0.368 e. The van der Waals surface area contributed by atoms with Crippen molar-refractivity contribution in [3.05, 3.63) is 93.2 Å². The number of nitro groups is 1. The van der Waals surface area contributed by atoms with Gasteiger partial charge in [0.25, 0.3) is 5.91 Å². The van der Waals surface area contributed by atoms with Gasteiger partial charge in [0.2, 0.25) is 0 Å². The quantitative estimate of drug-likeness (QED) is 0.389. The van der Waals surface area contributed by atoms with Crippen molar-refractivity contribution in [2.75, 3.05) is 23.3 Å². The largest absolute Gasteiger partial charge is 0.416 e. The van der Waals surface area contributed by atoms with Crippen LogP contribution < -0.4 is 10.2 Å². The fourth-order valence-electron chi connectivity index (χ4n) is 4.12. The number of halogens is 3. The van der Waals surface area contributed by atoms with E-state index in [0.29, 0.717) is 12.1 Å². The van der Waals surface area contributed by atoms with Gasteiger partial charge in [0.1, 0.15) is 0 Å². The summed E-state index contributed by atoms with van der Waals surface area (Å²) in [5.41, 5.74) is 2.36. The molecule has 4 rings (SSSR count). The molecule has 0 aliphatic carbocycles. The SMILES string of the molecule is Cc1ccc(C(=O)Nc2cccc(C(F)(F)F)c2)cc1[C@@H]1CCN(c2ccc([N+](=O)[O-])nc2)C1. The van der Waals surface area contributed by atoms with E-state index in [-0.39, 0.29) is 17.4 Å². The summed E-state index contributed by atoms with van der Waals surface area (Å²) >= 11 is 0. The molecule has 0 saturated carbocycles. The van der Waals surface area contributed by atoms with Crippen molar-refractivity contribution in [2.45, 2.75) is 25.4 Å². The van der Waals surface area contributed by atoms with Crippen LogP contribution in [0.4, 0.5) is 30.4 Å². The number of nitrogens with zero attached hydrogens (tertiary/aromatic N) is 3. The Morgan fingerprint density at radius 1 is 1.18 bits per heavy atom. The summed E-state index contributed by atoms with van der Waals surface area (Å²) in [4.78, 5) is 29.0. The lowest BCUT2D eigenvalue weighted by Crippen LogP contribution is -2.20. The molecule has 0 bridgehead atoms. The number of carbonyl (C=O) groups is 1. The van der Waals surface area contributed by atoms with Gasteiger partial charge in [-0.1, -0.05) is 12.1 Å². The molecular weight excluding hydrogens is 449 g/mol. The molecule has 2 heterocycles. The lowest BCUT2D eigenvalue weighted by Gasteiger charge is -2.19. The van der Waals surface area contributed by atoms with E-state index in [0.717, 1.165) is 41.9 Å². The number of hydrogen-bond donors (Lipinski definition) is 1. The Labute approximate surface area is 193 Å². The molecule has 1 aromatic heterocycles. The third-order valence-corrected chi connectivity index (χ3v) is 5.90. The molecule has 2 aromatic carbocycles. The van der Waals surface area contributed by atoms with E-state index in [1.807, 2.05) is 13.0 Å². The van der Waals surface area contributed by atoms with Crippen molar-refractivity contribution in [3.8, 4) is 0 Å². The van der Waals surface area contributed by atoms with Crippen LogP contribution >= 0.6 is 0 Å². The van der Waals surface area contributed by atoms with Gasteiger partial charge in [-0.25, -0.2) is 0 Å². The molecule has 1 atom stereocenters. The number of pyridine rings is 1. The predicted octanol–water partition coefficient (Wildman–Crippen LogP) is 5.56. The van der Waals surface area contributed by atoms with Crippen molar-refractivity contribution in [1.29, 1.82) is 0 Å². The molecule has 34 heavy (non-hydrogen) atoms. The molecule has 0 spiro atoms. The second kappa shape index (κ2) is 9.12. The van der Waals surface area contributed by atoms with Gasteiger partial charge in [0.15, 0.2) is 6.20 Å². The summed E-state index contributed by atoms with van der Waals surface area (Å²) in [6.07, 6.45) is -2.20. The highest BCUT2D eigenvalue weighted by molar-refractivity contribution is 6.04. The fourth-order valence-corrected chi connectivity index (χ4v) is 4.12. The molecule has 10 heteroatoms. The molecule has 7 nitrogen and oxygen atoms in total. The molecule has 0 unspecified atom stereocenters. The maximum Gasteiger partial charge on any atom is 0.416 e. The van der Waals surface area contributed by atoms with Gasteiger partial charge in [-0.3, -0.25) is 4.79 Å². The first-order chi connectivity index (χ1) is 16.1. The second-order valence-electron chi connectivity index (χ2n) is 8.17. The molecule has 1 N–H and O–H groups in total. The highest BCUT2D eigenvalue weighted by Crippen LogP contribution is 2.34. The maximum atomic E-state index is 13.0. The number of aromatic nitrogens is 1. The first kappa shape index (κ1) is 23.2. The standard InChI is InChI=1S/C24H21F3N4O3/c1-15-5-6-16(23(32)29-19-4-2-3-18(12-19)24(25,26)27)11-21(15)17-9-10-30(14-17)20-7-8-22(28-13-20)31(33)34/h2-8,11-13,17H,9-10,14H2,1H3,(H,29,32)/t17-/m1/s1. The van der Waals surface area contributed by atoms with E-state index in [1.54, 1.807) is 18.2 Å². The Kier molecular flexibility index (Phi) is 6.23. The monoisotopic (exact) mass is 470 g/mol. The maximum absolute atomic E-state index is 13.0. The first-order valence-corrected chi connectivity index (χ1v) is 10.6. The summed E-state index contributed by atoms with van der Waals surface area (Å²) in [5, 5.41) is 13.4. The van der Waals surface area contributed by atoms with E-state index in [2.05, 4.69) is 15.2 Å². The van der Waals surface area contributed by atoms with Crippen molar-refractivity contribution in [1.82, 2.24) is 4.98 Å². The Morgan fingerprint density at radius 2 is 1.97 bits per heavy atom. The fraction of sp³-hybridized carbons (Fsp3) is 0.250. The van der Waals surface area contributed by atoms with Gasteiger partial charge >= 0.3 is 12.0 Å². The van der Waals surface area contributed by atoms with Crippen LogP contribution in [0.5, 0.6) is 0 Å². The number of carbonyl (C=O) groups excluding carboxylic acids is 1. The van der Waals surface area contributed by atoms with Gasteiger partial charge in [-0.05, 0) is 70.8 Å². The van der Waals surface area contributed by atoms with E-state index in [4.69, 9.17) is 0 Å². The lowest BCUT2D eigenvalue weighted by molar-refractivity contribution is -0.389. The summed E-state index contributed by atoms with van der Waals surface area (Å²) in [6, 6.07) is 12.8. The van der Waals surface area contributed by atoms with Gasteiger partial charge in [-0.2, -0.15) is 13.2 Å². The van der Waals surface area contributed by atoms with Gasteiger partial charge in [0.05, 0.1) is 11.3 Å². The smallest absolute Gasteiger partial charge is 0.368 e. The number of amides is 1. The zero-order valence-corrected chi connectivity index (χ0v) is 18.2. The van der Waals surface area contributed by atoms with Crippen LogP contribution in [0, 0.1) is 17.0 Å². The molecule has 1 saturated heterocycles. The molecule has 0 radical (unpaired) electrons. The van der Waals surface area contributed by atoms with Crippen molar-refractivity contribution >= 4 is 23.1 Å². The van der Waals surface area contributed by atoms with E-state index in [1.165, 1.54) is 24.4 Å². The number of alkyl halides is 3. The van der Waals surface area contributed by atoms with Crippen LogP contribution in [0.3, 0.4) is 0 Å². The van der Waals surface area contributed by atoms with E-state index in [9.17, 15) is 28.1 Å². The van der Waals surface area contributed by atoms with Crippen LogP contribution in [0.1, 0.15) is 39.4 Å². The van der Waals surface area contributed by atoms with Gasteiger partial charge in [0, 0.05) is 36.3 Å².